The number of hydrogen-bond acceptors (Lipinski definition) is 1. The van der Waals surface area contributed by atoms with Gasteiger partial charge in [0.15, 0.2) is 5.78 Å². The number of Topliss-reactive ketones (excluding diaryl/α,β-unsaturated/α-hetero) is 1. The highest BCUT2D eigenvalue weighted by molar-refractivity contribution is 5.96. The molecule has 1 nitrogen and oxygen atoms in total. The Morgan fingerprint density at radius 1 is 0.750 bits per heavy atom. The van der Waals surface area contributed by atoms with Crippen LogP contribution in [0.5, 0.6) is 0 Å². The van der Waals surface area contributed by atoms with Crippen LogP contribution >= 0.6 is 0 Å². The van der Waals surface area contributed by atoms with E-state index in [1.807, 2.05) is 19.1 Å². The summed E-state index contributed by atoms with van der Waals surface area (Å²) in [6.45, 7) is 4.36. The monoisotopic (exact) mass is 376 g/mol. The third-order valence-corrected chi connectivity index (χ3v) is 6.48. The molecule has 3 rings (SSSR count). The summed E-state index contributed by atoms with van der Waals surface area (Å²) in [6.07, 6.45) is 12.6. The minimum atomic E-state index is 0.244. The van der Waals surface area contributed by atoms with E-state index in [4.69, 9.17) is 0 Å². The van der Waals surface area contributed by atoms with Crippen molar-refractivity contribution < 1.29 is 4.79 Å². The summed E-state index contributed by atoms with van der Waals surface area (Å²) >= 11 is 0. The van der Waals surface area contributed by atoms with E-state index in [-0.39, 0.29) is 5.78 Å². The normalized spacial score (nSPS) is 19.5. The summed E-state index contributed by atoms with van der Waals surface area (Å²) in [7, 11) is 0. The molecule has 0 spiro atoms. The molecule has 1 aliphatic rings. The predicted molar refractivity (Wildman–Crippen MR) is 120 cm³/mol. The molecule has 28 heavy (non-hydrogen) atoms. The van der Waals surface area contributed by atoms with Crippen molar-refractivity contribution in [3.05, 3.63) is 59.7 Å². The van der Waals surface area contributed by atoms with Gasteiger partial charge in [0.1, 0.15) is 0 Å². The van der Waals surface area contributed by atoms with Crippen molar-refractivity contribution in [2.24, 2.45) is 11.8 Å². The van der Waals surface area contributed by atoms with Crippen molar-refractivity contribution in [3.63, 3.8) is 0 Å². The lowest BCUT2D eigenvalue weighted by molar-refractivity contribution is 0.0982. The van der Waals surface area contributed by atoms with Crippen LogP contribution in [-0.2, 0) is 6.42 Å². The van der Waals surface area contributed by atoms with Gasteiger partial charge in [0.2, 0.25) is 0 Å². The van der Waals surface area contributed by atoms with E-state index in [0.717, 1.165) is 23.8 Å². The number of ketones is 1. The van der Waals surface area contributed by atoms with Gasteiger partial charge in [-0.2, -0.15) is 0 Å². The summed E-state index contributed by atoms with van der Waals surface area (Å²) in [4.78, 5) is 12.0. The lowest BCUT2D eigenvalue weighted by Gasteiger charge is -2.28. The van der Waals surface area contributed by atoms with Crippen molar-refractivity contribution in [1.29, 1.82) is 0 Å². The smallest absolute Gasteiger partial charge is 0.162 e. The van der Waals surface area contributed by atoms with Crippen LogP contribution in [0.2, 0.25) is 0 Å². The maximum atomic E-state index is 12.0. The Bertz CT molecular complexity index is 718. The van der Waals surface area contributed by atoms with Crippen molar-refractivity contribution >= 4 is 5.78 Å². The van der Waals surface area contributed by atoms with Crippen LogP contribution in [0.3, 0.4) is 0 Å². The zero-order valence-corrected chi connectivity index (χ0v) is 17.8. The summed E-state index contributed by atoms with van der Waals surface area (Å²) < 4.78 is 0. The molecule has 0 amide bonds. The van der Waals surface area contributed by atoms with Gasteiger partial charge in [0.25, 0.3) is 0 Å². The maximum absolute atomic E-state index is 12.0. The second-order valence-corrected chi connectivity index (χ2v) is 8.66. The maximum Gasteiger partial charge on any atom is 0.162 e. The zero-order valence-electron chi connectivity index (χ0n) is 17.8. The fourth-order valence-electron chi connectivity index (χ4n) is 4.67. The molecule has 0 atom stereocenters. The molecule has 150 valence electrons. The number of rotatable bonds is 9. The van der Waals surface area contributed by atoms with Crippen LogP contribution < -0.4 is 0 Å². The molecule has 1 fully saturated rings. The average Bonchev–Trinajstić information content (AvgIpc) is 2.74. The van der Waals surface area contributed by atoms with Gasteiger partial charge in [-0.15, -0.1) is 0 Å². The molecule has 0 unspecified atom stereocenters. The summed E-state index contributed by atoms with van der Waals surface area (Å²) in [5.74, 6) is 2.18. The topological polar surface area (TPSA) is 17.1 Å². The van der Waals surface area contributed by atoms with Gasteiger partial charge < -0.3 is 0 Å². The van der Waals surface area contributed by atoms with Crippen LogP contribution in [0.1, 0.15) is 87.6 Å². The highest BCUT2D eigenvalue weighted by Gasteiger charge is 2.20. The van der Waals surface area contributed by atoms with E-state index in [0.29, 0.717) is 6.42 Å². The van der Waals surface area contributed by atoms with E-state index < -0.39 is 0 Å². The number of aryl methyl sites for hydroxylation is 1. The van der Waals surface area contributed by atoms with Gasteiger partial charge in [-0.1, -0.05) is 101 Å². The first kappa shape index (κ1) is 20.8. The first-order valence-corrected chi connectivity index (χ1v) is 11.4. The fraction of sp³-hybridized carbons (Fsp3) is 0.519. The number of carbonyl (C=O) groups is 1. The lowest BCUT2D eigenvalue weighted by atomic mass is 9.78. The van der Waals surface area contributed by atoms with Crippen molar-refractivity contribution in [2.45, 2.75) is 78.1 Å². The van der Waals surface area contributed by atoms with E-state index in [2.05, 4.69) is 43.3 Å². The van der Waals surface area contributed by atoms with Gasteiger partial charge >= 0.3 is 0 Å². The molecule has 0 bridgehead atoms. The predicted octanol–water partition coefficient (Wildman–Crippen LogP) is 7.88. The van der Waals surface area contributed by atoms with E-state index in [1.54, 1.807) is 0 Å². The van der Waals surface area contributed by atoms with Gasteiger partial charge in [-0.05, 0) is 47.8 Å². The van der Waals surface area contributed by atoms with Gasteiger partial charge in [0, 0.05) is 12.0 Å². The minimum absolute atomic E-state index is 0.244. The number of hydrogen-bond donors (Lipinski definition) is 0. The fourth-order valence-corrected chi connectivity index (χ4v) is 4.67. The summed E-state index contributed by atoms with van der Waals surface area (Å²) in [5.41, 5.74) is 4.71. The highest BCUT2D eigenvalue weighted by Crippen LogP contribution is 2.34. The van der Waals surface area contributed by atoms with Gasteiger partial charge in [0.05, 0.1) is 0 Å². The minimum Gasteiger partial charge on any atom is -0.294 e. The molecular weight excluding hydrogens is 340 g/mol. The van der Waals surface area contributed by atoms with E-state index in [9.17, 15) is 4.79 Å². The molecule has 2 aromatic rings. The lowest BCUT2D eigenvalue weighted by Crippen LogP contribution is -2.15. The molecular formula is C27H36O. The molecule has 2 aromatic carbocycles. The van der Waals surface area contributed by atoms with Crippen LogP contribution in [0.25, 0.3) is 11.1 Å². The van der Waals surface area contributed by atoms with E-state index in [1.165, 1.54) is 68.1 Å². The Morgan fingerprint density at radius 2 is 1.29 bits per heavy atom. The third-order valence-electron chi connectivity index (χ3n) is 6.48. The Kier molecular flexibility index (Phi) is 7.89. The molecule has 0 saturated heterocycles. The van der Waals surface area contributed by atoms with Gasteiger partial charge in [-0.25, -0.2) is 0 Å². The number of benzene rings is 2. The number of carbonyl (C=O) groups excluding carboxylic acids is 1. The summed E-state index contributed by atoms with van der Waals surface area (Å²) in [6, 6.07) is 17.1. The van der Waals surface area contributed by atoms with Crippen LogP contribution in [0, 0.1) is 11.8 Å². The first-order chi connectivity index (χ1) is 13.7. The molecule has 0 heterocycles. The molecule has 0 aromatic heterocycles. The highest BCUT2D eigenvalue weighted by atomic mass is 16.1. The van der Waals surface area contributed by atoms with Crippen LogP contribution in [-0.4, -0.2) is 5.78 Å². The molecule has 0 N–H and O–H groups in total. The Balaban J connectivity index is 1.50. The SMILES string of the molecule is CCCC(=O)c1ccc(-c2ccc(CCC3CCC(CCC)CC3)cc2)cc1. The Hall–Kier alpha value is -1.89. The van der Waals surface area contributed by atoms with Crippen LogP contribution in [0.15, 0.2) is 48.5 Å². The standard InChI is InChI=1S/C27H36O/c1-3-5-21-7-9-22(10-8-21)11-12-23-13-15-24(16-14-23)25-17-19-26(20-18-25)27(28)6-4-2/h13-22H,3-12H2,1-2H3. The third kappa shape index (κ3) is 5.80. The van der Waals surface area contributed by atoms with E-state index >= 15 is 0 Å². The van der Waals surface area contributed by atoms with Crippen molar-refractivity contribution in [3.8, 4) is 11.1 Å². The quantitative estimate of drug-likeness (QED) is 0.407. The van der Waals surface area contributed by atoms with Crippen molar-refractivity contribution in [1.82, 2.24) is 0 Å². The van der Waals surface area contributed by atoms with Gasteiger partial charge in [-0.3, -0.25) is 4.79 Å². The van der Waals surface area contributed by atoms with Crippen LogP contribution in [0.4, 0.5) is 0 Å². The molecule has 1 aliphatic carbocycles. The van der Waals surface area contributed by atoms with Crippen molar-refractivity contribution in [2.75, 3.05) is 0 Å². The second-order valence-electron chi connectivity index (χ2n) is 8.66. The molecule has 0 radical (unpaired) electrons. The first-order valence-electron chi connectivity index (χ1n) is 11.4. The molecule has 1 saturated carbocycles. The Labute approximate surface area is 171 Å². The largest absolute Gasteiger partial charge is 0.294 e. The molecule has 1 heteroatoms. The summed E-state index contributed by atoms with van der Waals surface area (Å²) in [5, 5.41) is 0. The average molecular weight is 377 g/mol. The molecule has 0 aliphatic heterocycles. The second kappa shape index (κ2) is 10.6. The Morgan fingerprint density at radius 3 is 1.82 bits per heavy atom. The zero-order chi connectivity index (χ0) is 19.8.